The van der Waals surface area contributed by atoms with Crippen molar-refractivity contribution in [3.05, 3.63) is 35.9 Å². The third kappa shape index (κ3) is 3.90. The average molecular weight is 275 g/mol. The maximum Gasteiger partial charge on any atom is 0.313 e. The molecule has 0 unspecified atom stereocenters. The van der Waals surface area contributed by atoms with Gasteiger partial charge >= 0.3 is 5.97 Å². The fraction of sp³-hybridized carbons (Fsp3) is 0.500. The molecule has 4 heteroatoms. The van der Waals surface area contributed by atoms with Gasteiger partial charge in [-0.05, 0) is 24.9 Å². The van der Waals surface area contributed by atoms with Crippen molar-refractivity contribution in [2.24, 2.45) is 0 Å². The summed E-state index contributed by atoms with van der Waals surface area (Å²) in [5, 5.41) is 0. The number of methoxy groups -OCH3 is 1. The monoisotopic (exact) mass is 275 g/mol. The van der Waals surface area contributed by atoms with E-state index in [4.69, 9.17) is 0 Å². The zero-order chi connectivity index (χ0) is 14.4. The van der Waals surface area contributed by atoms with E-state index in [9.17, 15) is 9.59 Å². The lowest BCUT2D eigenvalue weighted by molar-refractivity contribution is -0.144. The number of ketones is 1. The van der Waals surface area contributed by atoms with Gasteiger partial charge in [0.25, 0.3) is 0 Å². The molecule has 0 saturated carbocycles. The van der Waals surface area contributed by atoms with Crippen LogP contribution in [0.15, 0.2) is 30.3 Å². The summed E-state index contributed by atoms with van der Waals surface area (Å²) in [4.78, 5) is 25.7. The van der Waals surface area contributed by atoms with Gasteiger partial charge in [-0.3, -0.25) is 14.5 Å². The Labute approximate surface area is 119 Å². The molecule has 1 aromatic carbocycles. The van der Waals surface area contributed by atoms with E-state index in [2.05, 4.69) is 21.8 Å². The zero-order valence-electron chi connectivity index (χ0n) is 11.9. The Hall–Kier alpha value is -1.68. The minimum Gasteiger partial charge on any atom is -0.469 e. The molecule has 0 bridgehead atoms. The molecule has 0 amide bonds. The third-order valence-electron chi connectivity index (χ3n) is 3.76. The summed E-state index contributed by atoms with van der Waals surface area (Å²) < 4.78 is 4.59. The molecule has 1 saturated heterocycles. The quantitative estimate of drug-likeness (QED) is 0.610. The molecule has 1 aliphatic heterocycles. The molecule has 20 heavy (non-hydrogen) atoms. The van der Waals surface area contributed by atoms with E-state index in [-0.39, 0.29) is 18.2 Å². The van der Waals surface area contributed by atoms with Gasteiger partial charge < -0.3 is 4.74 Å². The van der Waals surface area contributed by atoms with Crippen molar-refractivity contribution in [3.8, 4) is 0 Å². The van der Waals surface area contributed by atoms with E-state index in [1.54, 1.807) is 0 Å². The number of ether oxygens (including phenoxy) is 1. The van der Waals surface area contributed by atoms with Crippen LogP contribution in [0.5, 0.6) is 0 Å². The van der Waals surface area contributed by atoms with E-state index >= 15 is 0 Å². The summed E-state index contributed by atoms with van der Waals surface area (Å²) in [5.41, 5.74) is 1.20. The van der Waals surface area contributed by atoms with Crippen LogP contribution in [-0.2, 0) is 20.9 Å². The number of carbonyl (C=O) groups excluding carboxylic acids is 2. The molecule has 1 atom stereocenters. The highest BCUT2D eigenvalue weighted by molar-refractivity contribution is 5.98. The number of hydrogen-bond donors (Lipinski definition) is 0. The van der Waals surface area contributed by atoms with Crippen molar-refractivity contribution in [2.45, 2.75) is 38.3 Å². The first-order valence-corrected chi connectivity index (χ1v) is 7.08. The Kier molecular flexibility index (Phi) is 5.30. The number of Topliss-reactive ketones (excluding diaryl/α,β-unsaturated/α-hetero) is 1. The minimum absolute atomic E-state index is 0.0209. The SMILES string of the molecule is COC(=O)CC(=O)[C@H]1CCCCN1Cc1ccccc1. The molecule has 1 aromatic rings. The van der Waals surface area contributed by atoms with Gasteiger partial charge in [0.05, 0.1) is 13.2 Å². The summed E-state index contributed by atoms with van der Waals surface area (Å²) in [7, 11) is 1.32. The van der Waals surface area contributed by atoms with Gasteiger partial charge in [-0.2, -0.15) is 0 Å². The highest BCUT2D eigenvalue weighted by atomic mass is 16.5. The number of hydrogen-bond acceptors (Lipinski definition) is 4. The summed E-state index contributed by atoms with van der Waals surface area (Å²) in [5.74, 6) is -0.465. The van der Waals surface area contributed by atoms with E-state index in [0.717, 1.165) is 32.4 Å². The topological polar surface area (TPSA) is 46.6 Å². The summed E-state index contributed by atoms with van der Waals surface area (Å²) in [6.07, 6.45) is 2.87. The van der Waals surface area contributed by atoms with Crippen molar-refractivity contribution in [3.63, 3.8) is 0 Å². The highest BCUT2D eigenvalue weighted by Crippen LogP contribution is 2.21. The van der Waals surface area contributed by atoms with Crippen molar-refractivity contribution in [1.82, 2.24) is 4.90 Å². The maximum atomic E-state index is 12.2. The molecule has 0 N–H and O–H groups in total. The van der Waals surface area contributed by atoms with Crippen molar-refractivity contribution >= 4 is 11.8 Å². The molecule has 4 nitrogen and oxygen atoms in total. The Bertz CT molecular complexity index is 458. The standard InChI is InChI=1S/C16H21NO3/c1-20-16(19)11-15(18)14-9-5-6-10-17(14)12-13-7-3-2-4-8-13/h2-4,7-8,14H,5-6,9-12H2,1H3/t14-/m1/s1. The molecule has 2 rings (SSSR count). The summed E-state index contributed by atoms with van der Waals surface area (Å²) in [6, 6.07) is 9.98. The van der Waals surface area contributed by atoms with Crippen LogP contribution in [0, 0.1) is 0 Å². The molecule has 1 aliphatic rings. The van der Waals surface area contributed by atoms with E-state index < -0.39 is 5.97 Å². The fourth-order valence-corrected chi connectivity index (χ4v) is 2.70. The van der Waals surface area contributed by atoms with Crippen LogP contribution in [0.2, 0.25) is 0 Å². The first-order chi connectivity index (χ1) is 9.70. The lowest BCUT2D eigenvalue weighted by Crippen LogP contribution is -2.44. The lowest BCUT2D eigenvalue weighted by Gasteiger charge is -2.34. The van der Waals surface area contributed by atoms with Gasteiger partial charge in [0, 0.05) is 6.54 Å². The van der Waals surface area contributed by atoms with Crippen molar-refractivity contribution in [2.75, 3.05) is 13.7 Å². The predicted octanol–water partition coefficient (Wildman–Crippen LogP) is 2.17. The Morgan fingerprint density at radius 2 is 2.00 bits per heavy atom. The van der Waals surface area contributed by atoms with Crippen molar-refractivity contribution in [1.29, 1.82) is 0 Å². The molecular weight excluding hydrogens is 254 g/mol. The number of rotatable bonds is 5. The molecule has 0 aliphatic carbocycles. The maximum absolute atomic E-state index is 12.2. The molecule has 108 valence electrons. The van der Waals surface area contributed by atoms with Crippen LogP contribution in [0.3, 0.4) is 0 Å². The van der Waals surface area contributed by atoms with Crippen molar-refractivity contribution < 1.29 is 14.3 Å². The first-order valence-electron chi connectivity index (χ1n) is 7.08. The molecule has 1 heterocycles. The second-order valence-corrected chi connectivity index (χ2v) is 5.19. The number of esters is 1. The average Bonchev–Trinajstić information content (AvgIpc) is 2.48. The Morgan fingerprint density at radius 3 is 2.70 bits per heavy atom. The van der Waals surface area contributed by atoms with Gasteiger partial charge in [-0.25, -0.2) is 0 Å². The van der Waals surface area contributed by atoms with Gasteiger partial charge in [0.15, 0.2) is 5.78 Å². The smallest absolute Gasteiger partial charge is 0.313 e. The van der Waals surface area contributed by atoms with Gasteiger partial charge in [0.2, 0.25) is 0 Å². The van der Waals surface area contributed by atoms with Crippen LogP contribution in [0.4, 0.5) is 0 Å². The second kappa shape index (κ2) is 7.20. The Morgan fingerprint density at radius 1 is 1.25 bits per heavy atom. The summed E-state index contributed by atoms with van der Waals surface area (Å²) in [6.45, 7) is 1.67. The third-order valence-corrected chi connectivity index (χ3v) is 3.76. The van der Waals surface area contributed by atoms with E-state index in [1.165, 1.54) is 12.7 Å². The fourth-order valence-electron chi connectivity index (χ4n) is 2.70. The number of piperidine rings is 1. The second-order valence-electron chi connectivity index (χ2n) is 5.19. The minimum atomic E-state index is -0.444. The largest absolute Gasteiger partial charge is 0.469 e. The first kappa shape index (κ1) is 14.7. The van der Waals surface area contributed by atoms with Crippen LogP contribution in [0.1, 0.15) is 31.2 Å². The van der Waals surface area contributed by atoms with Gasteiger partial charge in [-0.1, -0.05) is 36.8 Å². The predicted molar refractivity (Wildman–Crippen MR) is 76.1 cm³/mol. The molecule has 1 fully saturated rings. The number of likely N-dealkylation sites (tertiary alicyclic amines) is 1. The van der Waals surface area contributed by atoms with E-state index in [0.29, 0.717) is 0 Å². The Balaban J connectivity index is 2.01. The molecule has 0 spiro atoms. The van der Waals surface area contributed by atoms with Gasteiger partial charge in [0.1, 0.15) is 6.42 Å². The highest BCUT2D eigenvalue weighted by Gasteiger charge is 2.29. The normalized spacial score (nSPS) is 19.6. The number of carbonyl (C=O) groups is 2. The zero-order valence-corrected chi connectivity index (χ0v) is 11.9. The molecule has 0 aromatic heterocycles. The van der Waals surface area contributed by atoms with Crippen LogP contribution >= 0.6 is 0 Å². The van der Waals surface area contributed by atoms with Crippen LogP contribution < -0.4 is 0 Å². The summed E-state index contributed by atoms with van der Waals surface area (Å²) >= 11 is 0. The van der Waals surface area contributed by atoms with Crippen LogP contribution in [-0.4, -0.2) is 36.3 Å². The van der Waals surface area contributed by atoms with Gasteiger partial charge in [-0.15, -0.1) is 0 Å². The number of benzene rings is 1. The van der Waals surface area contributed by atoms with E-state index in [1.807, 2.05) is 18.2 Å². The number of nitrogens with zero attached hydrogens (tertiary/aromatic N) is 1. The molecular formula is C16H21NO3. The molecule has 0 radical (unpaired) electrons. The van der Waals surface area contributed by atoms with Crippen LogP contribution in [0.25, 0.3) is 0 Å². The lowest BCUT2D eigenvalue weighted by atomic mass is 9.96.